The van der Waals surface area contributed by atoms with Crippen molar-refractivity contribution >= 4 is 0 Å². The van der Waals surface area contributed by atoms with Gasteiger partial charge in [0.2, 0.25) is 0 Å². The van der Waals surface area contributed by atoms with Crippen LogP contribution in [0.25, 0.3) is 0 Å². The van der Waals surface area contributed by atoms with Gasteiger partial charge in [-0.3, -0.25) is 0 Å². The smallest absolute Gasteiger partial charge is 0.119 e. The standard InChI is InChI=1S/C19H31NO/c1-4-15(2)17-9-11-18(12-10-17)21-14-13-20-19-8-6-5-7-16(19)3/h9-12,15-16,19-20H,4-8,13-14H2,1-3H3. The van der Waals surface area contributed by atoms with Crippen LogP contribution in [0.3, 0.4) is 0 Å². The lowest BCUT2D eigenvalue weighted by molar-refractivity contribution is 0.251. The van der Waals surface area contributed by atoms with Crippen molar-refractivity contribution < 1.29 is 4.74 Å². The molecule has 2 nitrogen and oxygen atoms in total. The predicted octanol–water partition coefficient (Wildman–Crippen LogP) is 4.75. The van der Waals surface area contributed by atoms with E-state index < -0.39 is 0 Å². The number of benzene rings is 1. The summed E-state index contributed by atoms with van der Waals surface area (Å²) in [6, 6.07) is 9.28. The summed E-state index contributed by atoms with van der Waals surface area (Å²) < 4.78 is 5.84. The number of hydrogen-bond donors (Lipinski definition) is 1. The van der Waals surface area contributed by atoms with E-state index in [1.54, 1.807) is 0 Å². The molecule has 118 valence electrons. The maximum atomic E-state index is 5.84. The van der Waals surface area contributed by atoms with Crippen LogP contribution in [0, 0.1) is 5.92 Å². The van der Waals surface area contributed by atoms with Gasteiger partial charge in [0.15, 0.2) is 0 Å². The number of rotatable bonds is 7. The summed E-state index contributed by atoms with van der Waals surface area (Å²) in [5.41, 5.74) is 1.40. The zero-order chi connectivity index (χ0) is 15.1. The van der Waals surface area contributed by atoms with E-state index in [9.17, 15) is 0 Å². The second-order valence-electron chi connectivity index (χ2n) is 6.55. The van der Waals surface area contributed by atoms with Gasteiger partial charge in [-0.1, -0.05) is 45.7 Å². The molecule has 0 amide bonds. The Balaban J connectivity index is 1.68. The minimum Gasteiger partial charge on any atom is -0.492 e. The third kappa shape index (κ3) is 5.03. The van der Waals surface area contributed by atoms with Crippen LogP contribution in [-0.2, 0) is 0 Å². The van der Waals surface area contributed by atoms with Crippen LogP contribution in [0.1, 0.15) is 64.4 Å². The van der Waals surface area contributed by atoms with Crippen molar-refractivity contribution in [2.45, 2.75) is 64.8 Å². The summed E-state index contributed by atoms with van der Waals surface area (Å²) >= 11 is 0. The topological polar surface area (TPSA) is 21.3 Å². The van der Waals surface area contributed by atoms with Gasteiger partial charge >= 0.3 is 0 Å². The van der Waals surface area contributed by atoms with Gasteiger partial charge in [-0.25, -0.2) is 0 Å². The highest BCUT2D eigenvalue weighted by molar-refractivity contribution is 5.29. The third-order valence-electron chi connectivity index (χ3n) is 4.95. The lowest BCUT2D eigenvalue weighted by Gasteiger charge is -2.29. The second-order valence-corrected chi connectivity index (χ2v) is 6.55. The molecule has 2 rings (SSSR count). The molecule has 1 N–H and O–H groups in total. The van der Waals surface area contributed by atoms with Crippen molar-refractivity contribution in [2.24, 2.45) is 5.92 Å². The Morgan fingerprint density at radius 3 is 2.57 bits per heavy atom. The zero-order valence-electron chi connectivity index (χ0n) is 13.9. The second kappa shape index (κ2) is 8.43. The molecule has 0 heterocycles. The average molecular weight is 289 g/mol. The zero-order valence-corrected chi connectivity index (χ0v) is 13.9. The Hall–Kier alpha value is -1.02. The van der Waals surface area contributed by atoms with E-state index in [1.165, 1.54) is 37.7 Å². The van der Waals surface area contributed by atoms with E-state index in [0.29, 0.717) is 12.0 Å². The van der Waals surface area contributed by atoms with E-state index in [0.717, 1.165) is 24.8 Å². The highest BCUT2D eigenvalue weighted by Crippen LogP contribution is 2.24. The van der Waals surface area contributed by atoms with E-state index in [-0.39, 0.29) is 0 Å². The lowest BCUT2D eigenvalue weighted by atomic mass is 9.86. The Kier molecular flexibility index (Phi) is 6.56. The van der Waals surface area contributed by atoms with Gasteiger partial charge in [-0.05, 0) is 48.8 Å². The highest BCUT2D eigenvalue weighted by atomic mass is 16.5. The summed E-state index contributed by atoms with van der Waals surface area (Å²) in [5.74, 6) is 2.43. The minimum atomic E-state index is 0.633. The first-order chi connectivity index (χ1) is 10.2. The molecule has 3 atom stereocenters. The normalized spacial score (nSPS) is 23.8. The quantitative estimate of drug-likeness (QED) is 0.732. The molecule has 1 fully saturated rings. The Morgan fingerprint density at radius 1 is 1.19 bits per heavy atom. The molecule has 0 saturated heterocycles. The molecule has 1 aromatic carbocycles. The molecule has 0 aliphatic heterocycles. The molecule has 1 aliphatic rings. The first-order valence-corrected chi connectivity index (χ1v) is 8.66. The van der Waals surface area contributed by atoms with E-state index in [2.05, 4.69) is 50.4 Å². The van der Waals surface area contributed by atoms with Crippen LogP contribution in [0.4, 0.5) is 0 Å². The van der Waals surface area contributed by atoms with Crippen molar-refractivity contribution in [2.75, 3.05) is 13.2 Å². The number of hydrogen-bond acceptors (Lipinski definition) is 2. The fourth-order valence-corrected chi connectivity index (χ4v) is 3.16. The average Bonchev–Trinajstić information content (AvgIpc) is 2.53. The monoisotopic (exact) mass is 289 g/mol. The van der Waals surface area contributed by atoms with Crippen LogP contribution in [0.2, 0.25) is 0 Å². The van der Waals surface area contributed by atoms with Gasteiger partial charge < -0.3 is 10.1 Å². The maximum absolute atomic E-state index is 5.84. The highest BCUT2D eigenvalue weighted by Gasteiger charge is 2.20. The molecular weight excluding hydrogens is 258 g/mol. The van der Waals surface area contributed by atoms with E-state index in [1.807, 2.05) is 0 Å². The van der Waals surface area contributed by atoms with Crippen LogP contribution >= 0.6 is 0 Å². The summed E-state index contributed by atoms with van der Waals surface area (Å²) in [6.45, 7) is 8.57. The SMILES string of the molecule is CCC(C)c1ccc(OCCNC2CCCCC2C)cc1. The number of nitrogens with one attached hydrogen (secondary N) is 1. The fraction of sp³-hybridized carbons (Fsp3) is 0.684. The van der Waals surface area contributed by atoms with Gasteiger partial charge in [-0.2, -0.15) is 0 Å². The van der Waals surface area contributed by atoms with Crippen molar-refractivity contribution in [3.8, 4) is 5.75 Å². The van der Waals surface area contributed by atoms with E-state index >= 15 is 0 Å². The van der Waals surface area contributed by atoms with Gasteiger partial charge in [0.25, 0.3) is 0 Å². The van der Waals surface area contributed by atoms with Crippen molar-refractivity contribution in [1.82, 2.24) is 5.32 Å². The molecule has 1 saturated carbocycles. The largest absolute Gasteiger partial charge is 0.492 e. The molecule has 0 spiro atoms. The van der Waals surface area contributed by atoms with Crippen LogP contribution in [0.5, 0.6) is 5.75 Å². The minimum absolute atomic E-state index is 0.633. The number of ether oxygens (including phenoxy) is 1. The van der Waals surface area contributed by atoms with Gasteiger partial charge in [-0.15, -0.1) is 0 Å². The fourth-order valence-electron chi connectivity index (χ4n) is 3.16. The summed E-state index contributed by atoms with van der Waals surface area (Å²) in [4.78, 5) is 0. The maximum Gasteiger partial charge on any atom is 0.119 e. The Bertz CT molecular complexity index is 401. The van der Waals surface area contributed by atoms with Crippen molar-refractivity contribution in [1.29, 1.82) is 0 Å². The van der Waals surface area contributed by atoms with E-state index in [4.69, 9.17) is 4.74 Å². The molecule has 0 aromatic heterocycles. The molecular formula is C19H31NO. The van der Waals surface area contributed by atoms with Gasteiger partial charge in [0, 0.05) is 12.6 Å². The third-order valence-corrected chi connectivity index (χ3v) is 4.95. The predicted molar refractivity (Wildman–Crippen MR) is 90.1 cm³/mol. The Labute approximate surface area is 130 Å². The first kappa shape index (κ1) is 16.4. The first-order valence-electron chi connectivity index (χ1n) is 8.66. The van der Waals surface area contributed by atoms with Crippen molar-refractivity contribution in [3.63, 3.8) is 0 Å². The van der Waals surface area contributed by atoms with Crippen molar-refractivity contribution in [3.05, 3.63) is 29.8 Å². The van der Waals surface area contributed by atoms with Gasteiger partial charge in [0.1, 0.15) is 12.4 Å². The van der Waals surface area contributed by atoms with Crippen LogP contribution in [0.15, 0.2) is 24.3 Å². The van der Waals surface area contributed by atoms with Crippen LogP contribution in [-0.4, -0.2) is 19.2 Å². The molecule has 0 bridgehead atoms. The Morgan fingerprint density at radius 2 is 1.90 bits per heavy atom. The molecule has 1 aliphatic carbocycles. The van der Waals surface area contributed by atoms with Gasteiger partial charge in [0.05, 0.1) is 0 Å². The summed E-state index contributed by atoms with van der Waals surface area (Å²) in [5, 5.41) is 3.66. The molecule has 2 heteroatoms. The molecule has 0 radical (unpaired) electrons. The lowest BCUT2D eigenvalue weighted by Crippen LogP contribution is -2.39. The summed E-state index contributed by atoms with van der Waals surface area (Å²) in [7, 11) is 0. The van der Waals surface area contributed by atoms with Crippen LogP contribution < -0.4 is 10.1 Å². The molecule has 3 unspecified atom stereocenters. The summed E-state index contributed by atoms with van der Waals surface area (Å²) in [6.07, 6.45) is 6.66. The molecule has 1 aromatic rings. The molecule has 21 heavy (non-hydrogen) atoms.